The molecule has 1 aromatic rings. The zero-order valence-electron chi connectivity index (χ0n) is 10.4. The van der Waals surface area contributed by atoms with Gasteiger partial charge in [-0.25, -0.2) is 4.90 Å². The molecule has 19 heavy (non-hydrogen) atoms. The Hall–Kier alpha value is -2.17. The summed E-state index contributed by atoms with van der Waals surface area (Å²) in [4.78, 5) is 36.5. The highest BCUT2D eigenvalue weighted by atomic mass is 16.2. The van der Waals surface area contributed by atoms with Crippen molar-refractivity contribution in [3.05, 3.63) is 24.3 Å². The van der Waals surface area contributed by atoms with Gasteiger partial charge in [0.1, 0.15) is 0 Å². The molecule has 3 rings (SSSR count). The molecular weight excluding hydrogens is 244 g/mol. The van der Waals surface area contributed by atoms with E-state index in [-0.39, 0.29) is 36.5 Å². The Labute approximate surface area is 110 Å². The summed E-state index contributed by atoms with van der Waals surface area (Å²) in [5, 5.41) is 2.81. The van der Waals surface area contributed by atoms with Crippen LogP contribution in [0.4, 0.5) is 11.4 Å². The van der Waals surface area contributed by atoms with Crippen molar-refractivity contribution < 1.29 is 14.4 Å². The molecule has 1 heterocycles. The minimum atomic E-state index is -0.210. The summed E-state index contributed by atoms with van der Waals surface area (Å²) in [6, 6.07) is 6.93. The van der Waals surface area contributed by atoms with Crippen LogP contribution in [0.25, 0.3) is 0 Å². The third-order valence-electron chi connectivity index (χ3n) is 3.40. The number of para-hydroxylation sites is 2. The van der Waals surface area contributed by atoms with Gasteiger partial charge in [-0.15, -0.1) is 0 Å². The van der Waals surface area contributed by atoms with Gasteiger partial charge in [-0.1, -0.05) is 12.1 Å². The molecule has 1 saturated heterocycles. The van der Waals surface area contributed by atoms with Crippen molar-refractivity contribution in [2.45, 2.75) is 25.7 Å². The molecule has 0 aromatic heterocycles. The topological polar surface area (TPSA) is 66.5 Å². The number of amides is 3. The van der Waals surface area contributed by atoms with Crippen LogP contribution in [-0.2, 0) is 14.4 Å². The number of nitrogens with one attached hydrogen (secondary N) is 1. The van der Waals surface area contributed by atoms with Crippen LogP contribution in [-0.4, -0.2) is 17.7 Å². The summed E-state index contributed by atoms with van der Waals surface area (Å²) in [5.74, 6) is -0.374. The van der Waals surface area contributed by atoms with Gasteiger partial charge in [-0.3, -0.25) is 14.4 Å². The van der Waals surface area contributed by atoms with Crippen LogP contribution in [0, 0.1) is 5.92 Å². The fourth-order valence-corrected chi connectivity index (χ4v) is 2.20. The monoisotopic (exact) mass is 258 g/mol. The van der Waals surface area contributed by atoms with Gasteiger partial charge in [-0.05, 0) is 25.0 Å². The first-order valence-electron chi connectivity index (χ1n) is 6.42. The molecule has 98 valence electrons. The van der Waals surface area contributed by atoms with Crippen molar-refractivity contribution in [3.8, 4) is 0 Å². The largest absolute Gasteiger partial charge is 0.324 e. The molecule has 5 nitrogen and oxygen atoms in total. The Morgan fingerprint density at radius 2 is 1.74 bits per heavy atom. The lowest BCUT2D eigenvalue weighted by Crippen LogP contribution is -2.30. The van der Waals surface area contributed by atoms with E-state index in [0.717, 1.165) is 12.8 Å². The van der Waals surface area contributed by atoms with E-state index in [0.29, 0.717) is 11.4 Å². The van der Waals surface area contributed by atoms with Crippen LogP contribution in [0.5, 0.6) is 0 Å². The van der Waals surface area contributed by atoms with Gasteiger partial charge in [0, 0.05) is 18.8 Å². The first kappa shape index (κ1) is 11.9. The van der Waals surface area contributed by atoms with Gasteiger partial charge in [0.25, 0.3) is 0 Å². The summed E-state index contributed by atoms with van der Waals surface area (Å²) in [5.41, 5.74) is 1.01. The van der Waals surface area contributed by atoms with Crippen molar-refractivity contribution in [1.29, 1.82) is 0 Å². The molecule has 0 atom stereocenters. The normalized spacial score (nSPS) is 18.8. The maximum absolute atomic E-state index is 11.8. The lowest BCUT2D eigenvalue weighted by molar-refractivity contribution is -0.121. The molecule has 1 aromatic carbocycles. The van der Waals surface area contributed by atoms with Gasteiger partial charge in [-0.2, -0.15) is 0 Å². The zero-order chi connectivity index (χ0) is 13.4. The quantitative estimate of drug-likeness (QED) is 0.839. The third-order valence-corrected chi connectivity index (χ3v) is 3.40. The van der Waals surface area contributed by atoms with E-state index in [4.69, 9.17) is 0 Å². The van der Waals surface area contributed by atoms with Crippen molar-refractivity contribution in [3.63, 3.8) is 0 Å². The number of nitrogens with zero attached hydrogens (tertiary/aromatic N) is 1. The van der Waals surface area contributed by atoms with E-state index in [1.54, 1.807) is 24.3 Å². The highest BCUT2D eigenvalue weighted by Gasteiger charge is 2.33. The maximum atomic E-state index is 11.8. The summed E-state index contributed by atoms with van der Waals surface area (Å²) in [7, 11) is 0. The second-order valence-electron chi connectivity index (χ2n) is 4.90. The van der Waals surface area contributed by atoms with Gasteiger partial charge in [0.2, 0.25) is 17.7 Å². The van der Waals surface area contributed by atoms with Crippen LogP contribution in [0.2, 0.25) is 0 Å². The number of hydrogen-bond donors (Lipinski definition) is 1. The highest BCUT2D eigenvalue weighted by Crippen LogP contribution is 2.34. The van der Waals surface area contributed by atoms with Crippen LogP contribution < -0.4 is 10.2 Å². The standard InChI is InChI=1S/C14H14N2O3/c17-12-7-8-13(18)16(12)11-4-2-1-3-10(11)15-14(19)9-5-6-9/h1-4,9H,5-8H2,(H,15,19). The summed E-state index contributed by atoms with van der Waals surface area (Å²) >= 11 is 0. The van der Waals surface area contributed by atoms with Gasteiger partial charge < -0.3 is 5.32 Å². The van der Waals surface area contributed by atoms with Crippen molar-refractivity contribution in [2.24, 2.45) is 5.92 Å². The minimum Gasteiger partial charge on any atom is -0.324 e. The fraction of sp³-hybridized carbons (Fsp3) is 0.357. The first-order valence-corrected chi connectivity index (χ1v) is 6.42. The summed E-state index contributed by atoms with van der Waals surface area (Å²) in [6.45, 7) is 0. The molecular formula is C14H14N2O3. The van der Waals surface area contributed by atoms with Gasteiger partial charge >= 0.3 is 0 Å². The van der Waals surface area contributed by atoms with Gasteiger partial charge in [0.05, 0.1) is 11.4 Å². The summed E-state index contributed by atoms with van der Waals surface area (Å²) in [6.07, 6.45) is 2.30. The van der Waals surface area contributed by atoms with Crippen LogP contribution >= 0.6 is 0 Å². The molecule has 1 aliphatic heterocycles. The second-order valence-corrected chi connectivity index (χ2v) is 4.90. The van der Waals surface area contributed by atoms with Crippen molar-refractivity contribution >= 4 is 29.1 Å². The van der Waals surface area contributed by atoms with E-state index in [2.05, 4.69) is 5.32 Å². The molecule has 0 spiro atoms. The number of benzene rings is 1. The van der Waals surface area contributed by atoms with E-state index in [9.17, 15) is 14.4 Å². The molecule has 2 fully saturated rings. The van der Waals surface area contributed by atoms with Crippen LogP contribution in [0.15, 0.2) is 24.3 Å². The molecule has 1 saturated carbocycles. The molecule has 1 aliphatic carbocycles. The molecule has 0 bridgehead atoms. The Bertz CT molecular complexity index is 548. The lowest BCUT2D eigenvalue weighted by Gasteiger charge is -2.18. The average molecular weight is 258 g/mol. The van der Waals surface area contributed by atoms with Crippen molar-refractivity contribution in [2.75, 3.05) is 10.2 Å². The van der Waals surface area contributed by atoms with E-state index in [1.165, 1.54) is 4.90 Å². The SMILES string of the molecule is O=C(Nc1ccccc1N1C(=O)CCC1=O)C1CC1. The molecule has 3 amide bonds. The minimum absolute atomic E-state index is 0.0356. The average Bonchev–Trinajstić information content (AvgIpc) is 3.18. The molecule has 1 N–H and O–H groups in total. The molecule has 0 radical (unpaired) electrons. The molecule has 0 unspecified atom stereocenters. The lowest BCUT2D eigenvalue weighted by atomic mass is 10.2. The molecule has 2 aliphatic rings. The zero-order valence-corrected chi connectivity index (χ0v) is 10.4. The highest BCUT2D eigenvalue weighted by molar-refractivity contribution is 6.21. The second kappa shape index (κ2) is 4.50. The maximum Gasteiger partial charge on any atom is 0.234 e. The summed E-state index contributed by atoms with van der Waals surface area (Å²) < 4.78 is 0. The Balaban J connectivity index is 1.90. The van der Waals surface area contributed by atoms with Gasteiger partial charge in [0.15, 0.2) is 0 Å². The number of carbonyl (C=O) groups is 3. The number of hydrogen-bond acceptors (Lipinski definition) is 3. The van der Waals surface area contributed by atoms with Crippen molar-refractivity contribution in [1.82, 2.24) is 0 Å². The van der Waals surface area contributed by atoms with E-state index >= 15 is 0 Å². The van der Waals surface area contributed by atoms with Crippen LogP contribution in [0.1, 0.15) is 25.7 Å². The number of rotatable bonds is 3. The van der Waals surface area contributed by atoms with E-state index in [1.807, 2.05) is 0 Å². The Morgan fingerprint density at radius 3 is 2.37 bits per heavy atom. The Morgan fingerprint density at radius 1 is 1.11 bits per heavy atom. The smallest absolute Gasteiger partial charge is 0.234 e. The van der Waals surface area contributed by atoms with E-state index < -0.39 is 0 Å². The first-order chi connectivity index (χ1) is 9.16. The predicted octanol–water partition coefficient (Wildman–Crippen LogP) is 1.69. The fourth-order valence-electron chi connectivity index (χ4n) is 2.20. The number of carbonyl (C=O) groups excluding carboxylic acids is 3. The number of anilines is 2. The predicted molar refractivity (Wildman–Crippen MR) is 69.5 cm³/mol. The number of imide groups is 1. The molecule has 5 heteroatoms. The Kier molecular flexibility index (Phi) is 2.81. The third kappa shape index (κ3) is 2.23. The van der Waals surface area contributed by atoms with Crippen LogP contribution in [0.3, 0.4) is 0 Å².